The third-order valence-corrected chi connectivity index (χ3v) is 5.69. The van der Waals surface area contributed by atoms with Gasteiger partial charge in [0, 0.05) is 18.7 Å². The maximum Gasteiger partial charge on any atom is 0.262 e. The van der Waals surface area contributed by atoms with Crippen molar-refractivity contribution in [1.82, 2.24) is 14.9 Å². The van der Waals surface area contributed by atoms with Gasteiger partial charge in [0.1, 0.15) is 0 Å². The smallest absolute Gasteiger partial charge is 0.262 e. The summed E-state index contributed by atoms with van der Waals surface area (Å²) in [5, 5.41) is 3.94. The Morgan fingerprint density at radius 1 is 1.28 bits per heavy atom. The lowest BCUT2D eigenvalue weighted by atomic mass is 10.2. The van der Waals surface area contributed by atoms with Gasteiger partial charge in [0.15, 0.2) is 5.16 Å². The minimum absolute atomic E-state index is 0.127. The predicted octanol–water partition coefficient (Wildman–Crippen LogP) is 3.49. The van der Waals surface area contributed by atoms with Gasteiger partial charge in [-0.2, -0.15) is 0 Å². The van der Waals surface area contributed by atoms with Crippen LogP contribution in [0.4, 0.5) is 0 Å². The summed E-state index contributed by atoms with van der Waals surface area (Å²) in [4.78, 5) is 30.1. The Labute approximate surface area is 178 Å². The largest absolute Gasteiger partial charge is 0.383 e. The number of nitrogens with zero attached hydrogens (tertiary/aromatic N) is 2. The molecule has 0 saturated heterocycles. The Kier molecular flexibility index (Phi) is 7.30. The second-order valence-corrected chi connectivity index (χ2v) is 8.21. The number of hydrogen-bond donors (Lipinski definition) is 1. The van der Waals surface area contributed by atoms with Crippen molar-refractivity contribution in [1.29, 1.82) is 0 Å². The molecule has 1 heterocycles. The normalized spacial score (nSPS) is 12.1. The maximum absolute atomic E-state index is 12.9. The SMILES string of the molecule is COCCn1c(SC(C)C(=O)NCc2ccccc2)nc2cc(Cl)ccc2c1=O. The molecule has 1 unspecified atom stereocenters. The van der Waals surface area contributed by atoms with Crippen LogP contribution in [0.25, 0.3) is 10.9 Å². The minimum Gasteiger partial charge on any atom is -0.383 e. The fraction of sp³-hybridized carbons (Fsp3) is 0.286. The molecule has 2 aromatic carbocycles. The molecule has 1 N–H and O–H groups in total. The lowest BCUT2D eigenvalue weighted by Gasteiger charge is -2.16. The molecule has 152 valence electrons. The summed E-state index contributed by atoms with van der Waals surface area (Å²) in [5.41, 5.74) is 1.35. The number of nitrogens with one attached hydrogen (secondary N) is 1. The molecule has 1 amide bonds. The molecular weight excluding hydrogens is 410 g/mol. The monoisotopic (exact) mass is 431 g/mol. The summed E-state index contributed by atoms with van der Waals surface area (Å²) in [6, 6.07) is 14.7. The first-order valence-electron chi connectivity index (χ1n) is 9.17. The van der Waals surface area contributed by atoms with Gasteiger partial charge in [0.05, 0.1) is 29.3 Å². The van der Waals surface area contributed by atoms with Crippen LogP contribution in [0.15, 0.2) is 58.5 Å². The van der Waals surface area contributed by atoms with Crippen LogP contribution in [0.1, 0.15) is 12.5 Å². The van der Waals surface area contributed by atoms with Gasteiger partial charge in [-0.25, -0.2) is 4.98 Å². The fourth-order valence-corrected chi connectivity index (χ4v) is 3.91. The third kappa shape index (κ3) is 5.38. The molecule has 0 aliphatic carbocycles. The van der Waals surface area contributed by atoms with Crippen LogP contribution in [0.3, 0.4) is 0 Å². The number of fused-ring (bicyclic) bond motifs is 1. The van der Waals surface area contributed by atoms with Gasteiger partial charge in [-0.15, -0.1) is 0 Å². The van der Waals surface area contributed by atoms with Crippen LogP contribution in [0.5, 0.6) is 0 Å². The molecule has 1 atom stereocenters. The van der Waals surface area contributed by atoms with Crippen molar-refractivity contribution < 1.29 is 9.53 Å². The Balaban J connectivity index is 1.83. The summed E-state index contributed by atoms with van der Waals surface area (Å²) < 4.78 is 6.68. The van der Waals surface area contributed by atoms with E-state index in [1.165, 1.54) is 11.8 Å². The average Bonchev–Trinajstić information content (AvgIpc) is 2.72. The van der Waals surface area contributed by atoms with E-state index in [4.69, 9.17) is 16.3 Å². The van der Waals surface area contributed by atoms with E-state index in [0.717, 1.165) is 5.56 Å². The molecule has 8 heteroatoms. The maximum atomic E-state index is 12.9. The first kappa shape index (κ1) is 21.4. The first-order valence-corrected chi connectivity index (χ1v) is 10.4. The van der Waals surface area contributed by atoms with Crippen LogP contribution in [-0.2, 0) is 22.6 Å². The van der Waals surface area contributed by atoms with Crippen molar-refractivity contribution in [3.8, 4) is 0 Å². The Bertz CT molecular complexity index is 1060. The molecule has 0 bridgehead atoms. The van der Waals surface area contributed by atoms with E-state index < -0.39 is 5.25 Å². The van der Waals surface area contributed by atoms with Crippen molar-refractivity contribution in [2.24, 2.45) is 0 Å². The van der Waals surface area contributed by atoms with E-state index >= 15 is 0 Å². The zero-order chi connectivity index (χ0) is 20.8. The van der Waals surface area contributed by atoms with Gasteiger partial charge in [-0.3, -0.25) is 14.2 Å². The van der Waals surface area contributed by atoms with Gasteiger partial charge in [0.2, 0.25) is 5.91 Å². The predicted molar refractivity (Wildman–Crippen MR) is 116 cm³/mol. The van der Waals surface area contributed by atoms with Crippen LogP contribution >= 0.6 is 23.4 Å². The van der Waals surface area contributed by atoms with Crippen LogP contribution in [0, 0.1) is 0 Å². The van der Waals surface area contributed by atoms with E-state index in [9.17, 15) is 9.59 Å². The number of rotatable bonds is 8. The molecule has 29 heavy (non-hydrogen) atoms. The third-order valence-electron chi connectivity index (χ3n) is 4.36. The van der Waals surface area contributed by atoms with E-state index in [2.05, 4.69) is 10.3 Å². The minimum atomic E-state index is -0.434. The fourth-order valence-electron chi connectivity index (χ4n) is 2.78. The van der Waals surface area contributed by atoms with Gasteiger partial charge in [0.25, 0.3) is 5.56 Å². The second kappa shape index (κ2) is 9.91. The Morgan fingerprint density at radius 3 is 2.76 bits per heavy atom. The molecule has 1 aromatic heterocycles. The molecule has 0 saturated carbocycles. The number of benzene rings is 2. The van der Waals surface area contributed by atoms with Crippen LogP contribution in [0.2, 0.25) is 5.02 Å². The highest BCUT2D eigenvalue weighted by molar-refractivity contribution is 8.00. The van der Waals surface area contributed by atoms with Crippen molar-refractivity contribution in [2.45, 2.75) is 30.4 Å². The molecule has 0 aliphatic heterocycles. The number of carbonyl (C=O) groups is 1. The topological polar surface area (TPSA) is 73.2 Å². The summed E-state index contributed by atoms with van der Waals surface area (Å²) >= 11 is 7.30. The number of thioether (sulfide) groups is 1. The van der Waals surface area contributed by atoms with Gasteiger partial charge in [-0.1, -0.05) is 53.7 Å². The van der Waals surface area contributed by atoms with Gasteiger partial charge in [-0.05, 0) is 30.7 Å². The highest BCUT2D eigenvalue weighted by Crippen LogP contribution is 2.24. The van der Waals surface area contributed by atoms with Gasteiger partial charge < -0.3 is 10.1 Å². The average molecular weight is 432 g/mol. The van der Waals surface area contributed by atoms with E-state index in [1.54, 1.807) is 36.8 Å². The Hall–Kier alpha value is -2.35. The van der Waals surface area contributed by atoms with E-state index in [-0.39, 0.29) is 11.5 Å². The lowest BCUT2D eigenvalue weighted by molar-refractivity contribution is -0.120. The summed E-state index contributed by atoms with van der Waals surface area (Å²) in [7, 11) is 1.58. The lowest BCUT2D eigenvalue weighted by Crippen LogP contribution is -2.32. The standard InChI is InChI=1S/C21H22ClN3O3S/c1-14(19(26)23-13-15-6-4-3-5-7-15)29-21-24-18-12-16(22)8-9-17(18)20(27)25(21)10-11-28-2/h3-9,12,14H,10-11,13H2,1-2H3,(H,23,26). The number of aromatic nitrogens is 2. The quantitative estimate of drug-likeness (QED) is 0.436. The van der Waals surface area contributed by atoms with Crippen molar-refractivity contribution in [3.63, 3.8) is 0 Å². The highest BCUT2D eigenvalue weighted by atomic mass is 35.5. The van der Waals surface area contributed by atoms with E-state index in [1.807, 2.05) is 30.3 Å². The van der Waals surface area contributed by atoms with Crippen molar-refractivity contribution in [3.05, 3.63) is 69.5 Å². The molecule has 0 radical (unpaired) electrons. The zero-order valence-corrected chi connectivity index (χ0v) is 17.8. The molecule has 3 rings (SSSR count). The number of methoxy groups -OCH3 is 1. The summed E-state index contributed by atoms with van der Waals surface area (Å²) in [6.07, 6.45) is 0. The van der Waals surface area contributed by atoms with Crippen molar-refractivity contribution >= 4 is 40.2 Å². The van der Waals surface area contributed by atoms with Crippen LogP contribution < -0.4 is 10.9 Å². The van der Waals surface area contributed by atoms with Crippen molar-refractivity contribution in [2.75, 3.05) is 13.7 Å². The van der Waals surface area contributed by atoms with Gasteiger partial charge >= 0.3 is 0 Å². The zero-order valence-electron chi connectivity index (χ0n) is 16.2. The second-order valence-electron chi connectivity index (χ2n) is 6.47. The first-order chi connectivity index (χ1) is 14.0. The molecule has 0 aliphatic rings. The molecule has 0 fully saturated rings. The molecule has 3 aromatic rings. The van der Waals surface area contributed by atoms with E-state index in [0.29, 0.717) is 40.8 Å². The number of hydrogen-bond acceptors (Lipinski definition) is 5. The molecule has 6 nitrogen and oxygen atoms in total. The molecule has 0 spiro atoms. The molecular formula is C21H22ClN3O3S. The van der Waals surface area contributed by atoms with Crippen LogP contribution in [-0.4, -0.2) is 34.4 Å². The number of carbonyl (C=O) groups excluding carboxylic acids is 1. The number of ether oxygens (including phenoxy) is 1. The number of halogens is 1. The number of amides is 1. The summed E-state index contributed by atoms with van der Waals surface area (Å²) in [5.74, 6) is -0.127. The summed E-state index contributed by atoms with van der Waals surface area (Å²) in [6.45, 7) is 2.95. The highest BCUT2D eigenvalue weighted by Gasteiger charge is 2.19. The Morgan fingerprint density at radius 2 is 2.03 bits per heavy atom.